The molecule has 6 heteroatoms. The molecule has 5 nitrogen and oxygen atoms in total. The third-order valence-electron chi connectivity index (χ3n) is 2.45. The highest BCUT2D eigenvalue weighted by Gasteiger charge is 2.18. The maximum Gasteiger partial charge on any atom is 0.278 e. The van der Waals surface area contributed by atoms with E-state index in [0.29, 0.717) is 22.7 Å². The van der Waals surface area contributed by atoms with Crippen molar-refractivity contribution in [2.45, 2.75) is 19.6 Å². The first-order chi connectivity index (χ1) is 9.99. The molecule has 0 aliphatic carbocycles. The number of oxime groups is 1. The Kier molecular flexibility index (Phi) is 4.45. The lowest BCUT2D eigenvalue weighted by atomic mass is 10.1. The molecule has 2 rings (SSSR count). The van der Waals surface area contributed by atoms with E-state index in [1.165, 1.54) is 0 Å². The van der Waals surface area contributed by atoms with Crippen molar-refractivity contribution in [3.05, 3.63) is 59.7 Å². The Hall–Kier alpha value is -2.52. The van der Waals surface area contributed by atoms with Crippen LogP contribution >= 0.6 is 0 Å². The van der Waals surface area contributed by atoms with Crippen molar-refractivity contribution < 1.29 is 4.53 Å². The van der Waals surface area contributed by atoms with Gasteiger partial charge in [-0.2, -0.15) is 5.26 Å². The SMILES string of the molecule is C[Si](C)(C)ON=C(c1ccccn1)c1cc(C#N)ccn1. The van der Waals surface area contributed by atoms with E-state index in [2.05, 4.69) is 21.2 Å². The molecule has 0 aromatic carbocycles. The van der Waals surface area contributed by atoms with E-state index in [1.54, 1.807) is 24.5 Å². The first-order valence-electron chi connectivity index (χ1n) is 6.54. The van der Waals surface area contributed by atoms with Gasteiger partial charge in [-0.1, -0.05) is 11.2 Å². The second-order valence-corrected chi connectivity index (χ2v) is 9.81. The standard InChI is InChI=1S/C15H16N4OSi/c1-21(2,3)20-19-15(13-6-4-5-8-17-13)14-10-12(11-16)7-9-18-14/h4-10H,1-3H3. The zero-order valence-electron chi connectivity index (χ0n) is 12.2. The molecular weight excluding hydrogens is 280 g/mol. The Labute approximate surface area is 125 Å². The molecule has 0 amide bonds. The van der Waals surface area contributed by atoms with Gasteiger partial charge in [0.25, 0.3) is 8.32 Å². The van der Waals surface area contributed by atoms with E-state index in [0.717, 1.165) is 0 Å². The molecule has 0 saturated carbocycles. The monoisotopic (exact) mass is 296 g/mol. The molecule has 0 spiro atoms. The van der Waals surface area contributed by atoms with Gasteiger partial charge in [-0.15, -0.1) is 0 Å². The number of rotatable bonds is 4. The summed E-state index contributed by atoms with van der Waals surface area (Å²) in [5.74, 6) is 0. The molecule has 0 unspecified atom stereocenters. The quantitative estimate of drug-likeness (QED) is 0.494. The lowest BCUT2D eigenvalue weighted by molar-refractivity contribution is 0.335. The van der Waals surface area contributed by atoms with Crippen LogP contribution in [-0.4, -0.2) is 24.0 Å². The highest BCUT2D eigenvalue weighted by molar-refractivity contribution is 6.69. The lowest BCUT2D eigenvalue weighted by Crippen LogP contribution is -2.23. The van der Waals surface area contributed by atoms with Crippen molar-refractivity contribution in [2.75, 3.05) is 0 Å². The van der Waals surface area contributed by atoms with Gasteiger partial charge in [-0.05, 0) is 43.9 Å². The smallest absolute Gasteiger partial charge is 0.278 e. The van der Waals surface area contributed by atoms with Crippen LogP contribution in [0.1, 0.15) is 17.0 Å². The second kappa shape index (κ2) is 6.28. The zero-order valence-corrected chi connectivity index (χ0v) is 13.2. The minimum Gasteiger partial charge on any atom is -0.455 e. The minimum atomic E-state index is -1.82. The third kappa shape index (κ3) is 4.23. The van der Waals surface area contributed by atoms with Gasteiger partial charge in [-0.25, -0.2) is 0 Å². The van der Waals surface area contributed by atoms with Gasteiger partial charge in [0.1, 0.15) is 0 Å². The Morgan fingerprint density at radius 3 is 2.52 bits per heavy atom. The number of nitrogens with zero attached hydrogens (tertiary/aromatic N) is 4. The van der Waals surface area contributed by atoms with Gasteiger partial charge in [0.15, 0.2) is 5.71 Å². The highest BCUT2D eigenvalue weighted by Crippen LogP contribution is 2.11. The average molecular weight is 296 g/mol. The summed E-state index contributed by atoms with van der Waals surface area (Å²) in [7, 11) is -1.82. The fourth-order valence-corrected chi connectivity index (χ4v) is 1.90. The Balaban J connectivity index is 2.48. The topological polar surface area (TPSA) is 71.2 Å². The number of aromatic nitrogens is 2. The minimum absolute atomic E-state index is 0.525. The summed E-state index contributed by atoms with van der Waals surface area (Å²) in [6.45, 7) is 6.14. The van der Waals surface area contributed by atoms with Crippen LogP contribution in [0.25, 0.3) is 0 Å². The number of hydrogen-bond donors (Lipinski definition) is 0. The van der Waals surface area contributed by atoms with Gasteiger partial charge in [0.2, 0.25) is 0 Å². The number of pyridine rings is 2. The van der Waals surface area contributed by atoms with Crippen LogP contribution < -0.4 is 0 Å². The van der Waals surface area contributed by atoms with E-state index in [1.807, 2.05) is 37.8 Å². The van der Waals surface area contributed by atoms with E-state index < -0.39 is 8.32 Å². The Morgan fingerprint density at radius 2 is 1.90 bits per heavy atom. The summed E-state index contributed by atoms with van der Waals surface area (Å²) in [5, 5.41) is 13.3. The van der Waals surface area contributed by atoms with Gasteiger partial charge in [0.05, 0.1) is 23.0 Å². The van der Waals surface area contributed by atoms with Crippen LogP contribution in [-0.2, 0) is 4.53 Å². The van der Waals surface area contributed by atoms with Crippen LogP contribution in [0.15, 0.2) is 47.9 Å². The molecule has 0 aliphatic rings. The molecule has 2 aromatic heterocycles. The van der Waals surface area contributed by atoms with E-state index in [9.17, 15) is 0 Å². The zero-order chi connectivity index (χ0) is 15.3. The summed E-state index contributed by atoms with van der Waals surface area (Å²) >= 11 is 0. The number of nitriles is 1. The Morgan fingerprint density at radius 1 is 1.14 bits per heavy atom. The summed E-state index contributed by atoms with van der Waals surface area (Å²) in [6, 6.07) is 11.0. The van der Waals surface area contributed by atoms with Gasteiger partial charge in [0, 0.05) is 12.4 Å². The van der Waals surface area contributed by atoms with Crippen LogP contribution in [0.3, 0.4) is 0 Å². The van der Waals surface area contributed by atoms with Crippen molar-refractivity contribution in [1.29, 1.82) is 5.26 Å². The molecule has 0 radical (unpaired) electrons. The summed E-state index contributed by atoms with van der Waals surface area (Å²) < 4.78 is 5.64. The van der Waals surface area contributed by atoms with Gasteiger partial charge in [-0.3, -0.25) is 9.97 Å². The number of hydrogen-bond acceptors (Lipinski definition) is 5. The molecule has 0 aliphatic heterocycles. The normalized spacial score (nSPS) is 11.8. The van der Waals surface area contributed by atoms with Crippen LogP contribution in [0, 0.1) is 11.3 Å². The Bertz CT molecular complexity index is 687. The van der Waals surface area contributed by atoms with Crippen molar-refractivity contribution in [3.8, 4) is 6.07 Å². The molecule has 21 heavy (non-hydrogen) atoms. The summed E-state index contributed by atoms with van der Waals surface area (Å²) in [4.78, 5) is 8.57. The van der Waals surface area contributed by atoms with Crippen LogP contribution in [0.4, 0.5) is 0 Å². The summed E-state index contributed by atoms with van der Waals surface area (Å²) in [6.07, 6.45) is 3.27. The molecular formula is C15H16N4OSi. The summed E-state index contributed by atoms with van der Waals surface area (Å²) in [5.41, 5.74) is 2.30. The molecule has 0 bridgehead atoms. The van der Waals surface area contributed by atoms with E-state index >= 15 is 0 Å². The largest absolute Gasteiger partial charge is 0.455 e. The molecule has 0 saturated heterocycles. The van der Waals surface area contributed by atoms with E-state index in [4.69, 9.17) is 9.79 Å². The fourth-order valence-electron chi connectivity index (χ4n) is 1.54. The first-order valence-corrected chi connectivity index (χ1v) is 9.94. The third-order valence-corrected chi connectivity index (χ3v) is 3.09. The lowest BCUT2D eigenvalue weighted by Gasteiger charge is -2.14. The first kappa shape index (κ1) is 14.9. The maximum absolute atomic E-state index is 9.02. The van der Waals surface area contributed by atoms with Crippen molar-refractivity contribution >= 4 is 14.0 Å². The second-order valence-electron chi connectivity index (χ2n) is 5.40. The predicted octanol–water partition coefficient (Wildman–Crippen LogP) is 2.95. The van der Waals surface area contributed by atoms with Gasteiger partial charge >= 0.3 is 0 Å². The molecule has 0 atom stereocenters. The molecule has 0 fully saturated rings. The van der Waals surface area contributed by atoms with Crippen LogP contribution in [0.2, 0.25) is 19.6 Å². The maximum atomic E-state index is 9.02. The highest BCUT2D eigenvalue weighted by atomic mass is 28.4. The van der Waals surface area contributed by atoms with E-state index in [-0.39, 0.29) is 0 Å². The fraction of sp³-hybridized carbons (Fsp3) is 0.200. The predicted molar refractivity (Wildman–Crippen MR) is 83.3 cm³/mol. The van der Waals surface area contributed by atoms with Crippen molar-refractivity contribution in [2.24, 2.45) is 5.16 Å². The van der Waals surface area contributed by atoms with Crippen molar-refractivity contribution in [3.63, 3.8) is 0 Å². The van der Waals surface area contributed by atoms with Crippen molar-refractivity contribution in [1.82, 2.24) is 9.97 Å². The molecule has 2 aromatic rings. The molecule has 0 N–H and O–H groups in total. The van der Waals surface area contributed by atoms with Gasteiger partial charge < -0.3 is 4.53 Å². The average Bonchev–Trinajstić information content (AvgIpc) is 2.48. The molecule has 2 heterocycles. The molecule has 106 valence electrons. The van der Waals surface area contributed by atoms with Crippen LogP contribution in [0.5, 0.6) is 0 Å².